The van der Waals surface area contributed by atoms with Gasteiger partial charge in [-0.3, -0.25) is 19.3 Å². The Kier molecular flexibility index (Phi) is 4.69. The highest BCUT2D eigenvalue weighted by Gasteiger charge is 2.47. The number of fused-ring (bicyclic) bond motifs is 1. The van der Waals surface area contributed by atoms with E-state index >= 15 is 0 Å². The van der Waals surface area contributed by atoms with Gasteiger partial charge in [0.25, 0.3) is 0 Å². The minimum Gasteiger partial charge on any atom is -0.326 e. The third kappa shape index (κ3) is 3.21. The minimum atomic E-state index is -0.172. The number of carbonyl (C=O) groups is 3. The molecule has 128 valence electrons. The molecule has 0 radical (unpaired) electrons. The number of hydrogen-bond donors (Lipinski definition) is 1. The first-order valence-electron chi connectivity index (χ1n) is 8.69. The maximum absolute atomic E-state index is 12.4. The van der Waals surface area contributed by atoms with Crippen molar-refractivity contribution >= 4 is 23.4 Å². The molecule has 5 nitrogen and oxygen atoms in total. The third-order valence-corrected chi connectivity index (χ3v) is 5.29. The van der Waals surface area contributed by atoms with E-state index in [0.29, 0.717) is 0 Å². The van der Waals surface area contributed by atoms with E-state index in [2.05, 4.69) is 5.32 Å². The predicted molar refractivity (Wildman–Crippen MR) is 91.3 cm³/mol. The molecule has 1 aromatic rings. The number of hydrogen-bond acceptors (Lipinski definition) is 3. The van der Waals surface area contributed by atoms with Gasteiger partial charge in [-0.2, -0.15) is 0 Å². The zero-order valence-corrected chi connectivity index (χ0v) is 14.3. The third-order valence-electron chi connectivity index (χ3n) is 5.29. The zero-order valence-electron chi connectivity index (χ0n) is 14.3. The second kappa shape index (κ2) is 6.75. The van der Waals surface area contributed by atoms with Crippen LogP contribution in [0.1, 0.15) is 43.2 Å². The van der Waals surface area contributed by atoms with Gasteiger partial charge in [-0.05, 0) is 49.9 Å². The molecular weight excluding hydrogens is 304 g/mol. The van der Waals surface area contributed by atoms with Crippen molar-refractivity contribution in [3.63, 3.8) is 0 Å². The summed E-state index contributed by atoms with van der Waals surface area (Å²) in [7, 11) is 0. The summed E-state index contributed by atoms with van der Waals surface area (Å²) >= 11 is 0. The topological polar surface area (TPSA) is 66.5 Å². The van der Waals surface area contributed by atoms with E-state index in [1.54, 1.807) is 0 Å². The van der Waals surface area contributed by atoms with Crippen LogP contribution in [0.5, 0.6) is 0 Å². The molecule has 2 fully saturated rings. The van der Waals surface area contributed by atoms with E-state index in [-0.39, 0.29) is 42.5 Å². The Labute approximate surface area is 142 Å². The van der Waals surface area contributed by atoms with Crippen molar-refractivity contribution in [1.82, 2.24) is 4.90 Å². The van der Waals surface area contributed by atoms with Crippen LogP contribution in [0.25, 0.3) is 0 Å². The standard InChI is InChI=1S/C19H24N2O3/c1-12-7-8-14(11-13(12)2)20-17(22)9-10-21-18(23)15-5-3-4-6-16(15)19(21)24/h7-8,11,15-16H,3-6,9-10H2,1-2H3,(H,20,22)/t15-,16-/m0/s1. The quantitative estimate of drug-likeness (QED) is 0.864. The summed E-state index contributed by atoms with van der Waals surface area (Å²) in [5, 5.41) is 2.84. The summed E-state index contributed by atoms with van der Waals surface area (Å²) in [4.78, 5) is 38.2. The molecule has 1 aliphatic heterocycles. The van der Waals surface area contributed by atoms with E-state index in [0.717, 1.165) is 36.9 Å². The average Bonchev–Trinajstić information content (AvgIpc) is 2.81. The van der Waals surface area contributed by atoms with Crippen molar-refractivity contribution in [3.8, 4) is 0 Å². The van der Waals surface area contributed by atoms with Gasteiger partial charge in [0.2, 0.25) is 17.7 Å². The van der Waals surface area contributed by atoms with Gasteiger partial charge in [-0.1, -0.05) is 18.9 Å². The molecule has 1 N–H and O–H groups in total. The molecule has 2 aliphatic rings. The molecule has 3 rings (SSSR count). The van der Waals surface area contributed by atoms with E-state index in [1.165, 1.54) is 10.5 Å². The van der Waals surface area contributed by atoms with Crippen LogP contribution in [-0.2, 0) is 14.4 Å². The molecule has 1 aliphatic carbocycles. The van der Waals surface area contributed by atoms with Crippen LogP contribution >= 0.6 is 0 Å². The van der Waals surface area contributed by atoms with Crippen LogP contribution in [0.15, 0.2) is 18.2 Å². The van der Waals surface area contributed by atoms with Crippen molar-refractivity contribution in [3.05, 3.63) is 29.3 Å². The smallest absolute Gasteiger partial charge is 0.233 e. The fourth-order valence-electron chi connectivity index (χ4n) is 3.71. The molecule has 2 atom stereocenters. The van der Waals surface area contributed by atoms with Crippen LogP contribution in [-0.4, -0.2) is 29.2 Å². The highest BCUT2D eigenvalue weighted by atomic mass is 16.2. The Hall–Kier alpha value is -2.17. The highest BCUT2D eigenvalue weighted by molar-refractivity contribution is 6.05. The van der Waals surface area contributed by atoms with Crippen molar-refractivity contribution in [1.29, 1.82) is 0 Å². The van der Waals surface area contributed by atoms with Crippen molar-refractivity contribution < 1.29 is 14.4 Å². The fourth-order valence-corrected chi connectivity index (χ4v) is 3.71. The Morgan fingerprint density at radius 2 is 1.71 bits per heavy atom. The first kappa shape index (κ1) is 16.7. The maximum atomic E-state index is 12.4. The van der Waals surface area contributed by atoms with Gasteiger partial charge in [0.1, 0.15) is 0 Å². The maximum Gasteiger partial charge on any atom is 0.233 e. The Morgan fingerprint density at radius 1 is 1.08 bits per heavy atom. The summed E-state index contributed by atoms with van der Waals surface area (Å²) in [6.07, 6.45) is 3.79. The van der Waals surface area contributed by atoms with Crippen LogP contribution in [0.3, 0.4) is 0 Å². The van der Waals surface area contributed by atoms with Gasteiger partial charge in [0.15, 0.2) is 0 Å². The van der Waals surface area contributed by atoms with Crippen LogP contribution in [0.2, 0.25) is 0 Å². The molecule has 0 spiro atoms. The summed E-state index contributed by atoms with van der Waals surface area (Å²) in [5.41, 5.74) is 3.03. The van der Waals surface area contributed by atoms with E-state index < -0.39 is 0 Å². The van der Waals surface area contributed by atoms with Crippen LogP contribution < -0.4 is 5.32 Å². The zero-order chi connectivity index (χ0) is 17.3. The van der Waals surface area contributed by atoms with Gasteiger partial charge in [0.05, 0.1) is 11.8 Å². The first-order valence-corrected chi connectivity index (χ1v) is 8.69. The summed E-state index contributed by atoms with van der Waals surface area (Å²) in [5.74, 6) is -0.621. The molecule has 0 aromatic heterocycles. The SMILES string of the molecule is Cc1ccc(NC(=O)CCN2C(=O)[C@H]3CCCC[C@@H]3C2=O)cc1C. The van der Waals surface area contributed by atoms with E-state index in [4.69, 9.17) is 0 Å². The number of nitrogens with zero attached hydrogens (tertiary/aromatic N) is 1. The lowest BCUT2D eigenvalue weighted by atomic mass is 9.81. The Balaban J connectivity index is 1.57. The van der Waals surface area contributed by atoms with Gasteiger partial charge in [0, 0.05) is 18.7 Å². The number of anilines is 1. The molecule has 1 saturated heterocycles. The number of aryl methyl sites for hydroxylation is 2. The number of imide groups is 1. The van der Waals surface area contributed by atoms with Gasteiger partial charge < -0.3 is 5.32 Å². The fraction of sp³-hybridized carbons (Fsp3) is 0.526. The number of carbonyl (C=O) groups excluding carboxylic acids is 3. The van der Waals surface area contributed by atoms with Crippen molar-refractivity contribution in [2.45, 2.75) is 46.0 Å². The van der Waals surface area contributed by atoms with Crippen molar-refractivity contribution in [2.75, 3.05) is 11.9 Å². The normalized spacial score (nSPS) is 23.3. The first-order chi connectivity index (χ1) is 11.5. The van der Waals surface area contributed by atoms with Gasteiger partial charge in [-0.25, -0.2) is 0 Å². The number of nitrogens with one attached hydrogen (secondary N) is 1. The summed E-state index contributed by atoms with van der Waals surface area (Å²) < 4.78 is 0. The molecule has 1 heterocycles. The molecule has 5 heteroatoms. The molecule has 24 heavy (non-hydrogen) atoms. The average molecular weight is 328 g/mol. The highest BCUT2D eigenvalue weighted by Crippen LogP contribution is 2.37. The molecule has 1 saturated carbocycles. The number of rotatable bonds is 4. The largest absolute Gasteiger partial charge is 0.326 e. The lowest BCUT2D eigenvalue weighted by Gasteiger charge is -2.19. The molecule has 0 bridgehead atoms. The van der Waals surface area contributed by atoms with E-state index in [1.807, 2.05) is 32.0 Å². The number of amides is 3. The molecule has 3 amide bonds. The second-order valence-electron chi connectivity index (χ2n) is 6.92. The molecule has 0 unspecified atom stereocenters. The second-order valence-corrected chi connectivity index (χ2v) is 6.92. The number of benzene rings is 1. The number of likely N-dealkylation sites (tertiary alicyclic amines) is 1. The van der Waals surface area contributed by atoms with Crippen LogP contribution in [0, 0.1) is 25.7 Å². The van der Waals surface area contributed by atoms with Gasteiger partial charge >= 0.3 is 0 Å². The van der Waals surface area contributed by atoms with Crippen LogP contribution in [0.4, 0.5) is 5.69 Å². The Bertz CT molecular complexity index is 659. The lowest BCUT2D eigenvalue weighted by molar-refractivity contribution is -0.140. The molecule has 1 aromatic carbocycles. The molecular formula is C19H24N2O3. The Morgan fingerprint density at radius 3 is 2.29 bits per heavy atom. The summed E-state index contributed by atoms with van der Waals surface area (Å²) in [6.45, 7) is 4.20. The lowest BCUT2D eigenvalue weighted by Crippen LogP contribution is -2.34. The minimum absolute atomic E-state index is 0.0799. The monoisotopic (exact) mass is 328 g/mol. The van der Waals surface area contributed by atoms with Crippen molar-refractivity contribution in [2.24, 2.45) is 11.8 Å². The van der Waals surface area contributed by atoms with E-state index in [9.17, 15) is 14.4 Å². The summed E-state index contributed by atoms with van der Waals surface area (Å²) in [6, 6.07) is 5.75. The predicted octanol–water partition coefficient (Wildman–Crippen LogP) is 2.81. The van der Waals surface area contributed by atoms with Gasteiger partial charge in [-0.15, -0.1) is 0 Å².